The number of pyridine rings is 1. The van der Waals surface area contributed by atoms with E-state index >= 15 is 0 Å². The van der Waals surface area contributed by atoms with E-state index in [-0.39, 0.29) is 22.9 Å². The molecule has 1 aliphatic rings. The van der Waals surface area contributed by atoms with Crippen LogP contribution in [0.5, 0.6) is 0 Å². The molecular formula is C29H32N2O2. The first-order chi connectivity index (χ1) is 15.8. The lowest BCUT2D eigenvalue weighted by Gasteiger charge is -2.20. The van der Waals surface area contributed by atoms with Crippen molar-refractivity contribution in [2.24, 2.45) is 0 Å². The molecule has 1 amide bonds. The quantitative estimate of drug-likeness (QED) is 0.556. The van der Waals surface area contributed by atoms with Crippen LogP contribution in [0.1, 0.15) is 61.6 Å². The molecule has 0 aliphatic carbocycles. The fraction of sp³-hybridized carbons (Fsp3) is 0.310. The Bertz CT molecular complexity index is 1200. The van der Waals surface area contributed by atoms with Crippen LogP contribution in [0.2, 0.25) is 0 Å². The number of carbonyl (C=O) groups is 1. The van der Waals surface area contributed by atoms with E-state index in [0.29, 0.717) is 12.8 Å². The monoisotopic (exact) mass is 440 g/mol. The fourth-order valence-corrected chi connectivity index (χ4v) is 4.24. The standard InChI is InChI=1S/C29H32N2O2/c1-29(2,3)23-14-11-21(12-15-23)25(19-24-16-18-27(32)30-24)26-17-13-22(28(33)31-26)10-9-20-7-5-4-6-8-20/h4-8,11-15,17,19,24H,9-10,16,18H2,1-3H3,(H,30,32)(H,31,33)/b25-19-/t24-/m1/s1. The van der Waals surface area contributed by atoms with Crippen LogP contribution in [-0.2, 0) is 23.1 Å². The number of aromatic nitrogens is 1. The van der Waals surface area contributed by atoms with Crippen molar-refractivity contribution >= 4 is 11.5 Å². The Kier molecular flexibility index (Phi) is 6.64. The van der Waals surface area contributed by atoms with Gasteiger partial charge >= 0.3 is 0 Å². The maximum absolute atomic E-state index is 12.9. The lowest BCUT2D eigenvalue weighted by molar-refractivity contribution is -0.119. The summed E-state index contributed by atoms with van der Waals surface area (Å²) in [6.45, 7) is 6.58. The molecule has 1 aromatic heterocycles. The molecule has 1 fully saturated rings. The second kappa shape index (κ2) is 9.62. The van der Waals surface area contributed by atoms with E-state index in [1.54, 1.807) is 0 Å². The number of hydrogen-bond acceptors (Lipinski definition) is 2. The molecule has 2 aromatic carbocycles. The molecule has 2 N–H and O–H groups in total. The van der Waals surface area contributed by atoms with Gasteiger partial charge in [-0.25, -0.2) is 0 Å². The van der Waals surface area contributed by atoms with Crippen LogP contribution in [-0.4, -0.2) is 16.9 Å². The predicted molar refractivity (Wildman–Crippen MR) is 134 cm³/mol. The van der Waals surface area contributed by atoms with Gasteiger partial charge in [0.15, 0.2) is 0 Å². The first kappa shape index (κ1) is 22.8. The van der Waals surface area contributed by atoms with Gasteiger partial charge in [0.25, 0.3) is 5.56 Å². The van der Waals surface area contributed by atoms with Crippen molar-refractivity contribution in [2.75, 3.05) is 0 Å². The number of carbonyl (C=O) groups excluding carboxylic acids is 1. The van der Waals surface area contributed by atoms with Crippen molar-refractivity contribution < 1.29 is 4.79 Å². The first-order valence-electron chi connectivity index (χ1n) is 11.7. The molecule has 3 aromatic rings. The van der Waals surface area contributed by atoms with Gasteiger partial charge in [-0.1, -0.05) is 87.5 Å². The number of rotatable bonds is 6. The van der Waals surface area contributed by atoms with Crippen molar-refractivity contribution in [3.8, 4) is 0 Å². The van der Waals surface area contributed by atoms with Gasteiger partial charge in [-0.15, -0.1) is 0 Å². The Morgan fingerprint density at radius 3 is 2.27 bits per heavy atom. The van der Waals surface area contributed by atoms with Crippen LogP contribution in [0, 0.1) is 0 Å². The van der Waals surface area contributed by atoms with E-state index < -0.39 is 0 Å². The zero-order valence-electron chi connectivity index (χ0n) is 19.7. The summed E-state index contributed by atoms with van der Waals surface area (Å²) in [5.41, 5.74) is 5.99. The number of aryl methyl sites for hydroxylation is 2. The molecule has 0 unspecified atom stereocenters. The lowest BCUT2D eigenvalue weighted by Crippen LogP contribution is -2.24. The van der Waals surface area contributed by atoms with E-state index in [9.17, 15) is 9.59 Å². The molecule has 0 spiro atoms. The Labute approximate surface area is 195 Å². The van der Waals surface area contributed by atoms with E-state index in [0.717, 1.165) is 35.2 Å². The maximum atomic E-state index is 12.9. The summed E-state index contributed by atoms with van der Waals surface area (Å²) in [6, 6.07) is 22.6. The zero-order chi connectivity index (χ0) is 23.4. The molecule has 4 nitrogen and oxygen atoms in total. The number of hydrogen-bond donors (Lipinski definition) is 2. The highest BCUT2D eigenvalue weighted by atomic mass is 16.2. The average Bonchev–Trinajstić information content (AvgIpc) is 3.21. The molecule has 2 heterocycles. The summed E-state index contributed by atoms with van der Waals surface area (Å²) in [5.74, 6) is 0.0726. The van der Waals surface area contributed by atoms with Gasteiger partial charge in [0.05, 0.1) is 0 Å². The van der Waals surface area contributed by atoms with Crippen LogP contribution in [0.4, 0.5) is 0 Å². The first-order valence-corrected chi connectivity index (χ1v) is 11.7. The van der Waals surface area contributed by atoms with Gasteiger partial charge in [0.1, 0.15) is 0 Å². The molecule has 4 heteroatoms. The van der Waals surface area contributed by atoms with Gasteiger partial charge < -0.3 is 10.3 Å². The molecule has 1 atom stereocenters. The molecule has 170 valence electrons. The largest absolute Gasteiger partial charge is 0.350 e. The van der Waals surface area contributed by atoms with Gasteiger partial charge in [0, 0.05) is 29.3 Å². The number of H-pyrrole nitrogens is 1. The summed E-state index contributed by atoms with van der Waals surface area (Å²) >= 11 is 0. The Morgan fingerprint density at radius 2 is 1.67 bits per heavy atom. The van der Waals surface area contributed by atoms with Crippen molar-refractivity contribution in [3.63, 3.8) is 0 Å². The van der Waals surface area contributed by atoms with Gasteiger partial charge in [0.2, 0.25) is 5.91 Å². The van der Waals surface area contributed by atoms with Crippen LogP contribution < -0.4 is 10.9 Å². The number of aromatic amines is 1. The molecule has 33 heavy (non-hydrogen) atoms. The molecule has 4 rings (SSSR count). The van der Waals surface area contributed by atoms with Crippen molar-refractivity contribution in [1.29, 1.82) is 0 Å². The van der Waals surface area contributed by atoms with Crippen LogP contribution in [0.25, 0.3) is 5.57 Å². The second-order valence-electron chi connectivity index (χ2n) is 9.83. The highest BCUT2D eigenvalue weighted by Crippen LogP contribution is 2.28. The van der Waals surface area contributed by atoms with E-state index in [1.807, 2.05) is 30.3 Å². The highest BCUT2D eigenvalue weighted by Gasteiger charge is 2.21. The van der Waals surface area contributed by atoms with Gasteiger partial charge in [-0.2, -0.15) is 0 Å². The molecule has 0 bridgehead atoms. The van der Waals surface area contributed by atoms with E-state index in [4.69, 9.17) is 0 Å². The summed E-state index contributed by atoms with van der Waals surface area (Å²) in [5, 5.41) is 3.02. The lowest BCUT2D eigenvalue weighted by atomic mass is 9.86. The molecule has 0 saturated carbocycles. The highest BCUT2D eigenvalue weighted by molar-refractivity contribution is 5.82. The molecule has 1 saturated heterocycles. The summed E-state index contributed by atoms with van der Waals surface area (Å²) in [7, 11) is 0. The normalized spacial score (nSPS) is 16.6. The fourth-order valence-electron chi connectivity index (χ4n) is 4.24. The Morgan fingerprint density at radius 1 is 0.939 bits per heavy atom. The minimum absolute atomic E-state index is 0.0314. The van der Waals surface area contributed by atoms with Crippen LogP contribution in [0.15, 0.2) is 77.6 Å². The second-order valence-corrected chi connectivity index (χ2v) is 9.83. The van der Waals surface area contributed by atoms with Crippen molar-refractivity contribution in [2.45, 2.75) is 57.9 Å². The summed E-state index contributed by atoms with van der Waals surface area (Å²) in [4.78, 5) is 27.8. The third-order valence-electron chi connectivity index (χ3n) is 6.27. The van der Waals surface area contributed by atoms with E-state index in [1.165, 1.54) is 11.1 Å². The maximum Gasteiger partial charge on any atom is 0.251 e. The summed E-state index contributed by atoms with van der Waals surface area (Å²) < 4.78 is 0. The molecule has 1 aliphatic heterocycles. The number of amides is 1. The Balaban J connectivity index is 1.64. The molecule has 0 radical (unpaired) electrons. The van der Waals surface area contributed by atoms with Gasteiger partial charge in [-0.05, 0) is 47.4 Å². The van der Waals surface area contributed by atoms with Crippen LogP contribution in [0.3, 0.4) is 0 Å². The third kappa shape index (κ3) is 5.70. The predicted octanol–water partition coefficient (Wildman–Crippen LogP) is 5.17. The average molecular weight is 441 g/mol. The minimum atomic E-state index is -0.0592. The van der Waals surface area contributed by atoms with Crippen molar-refractivity contribution in [3.05, 3.63) is 111 Å². The van der Waals surface area contributed by atoms with Gasteiger partial charge in [-0.3, -0.25) is 9.59 Å². The number of benzene rings is 2. The van der Waals surface area contributed by atoms with Crippen LogP contribution >= 0.6 is 0 Å². The zero-order valence-corrected chi connectivity index (χ0v) is 19.7. The van der Waals surface area contributed by atoms with Crippen molar-refractivity contribution in [1.82, 2.24) is 10.3 Å². The van der Waals surface area contributed by atoms with E-state index in [2.05, 4.69) is 73.5 Å². The smallest absolute Gasteiger partial charge is 0.251 e. The minimum Gasteiger partial charge on any atom is -0.350 e. The topological polar surface area (TPSA) is 62.0 Å². The number of nitrogens with one attached hydrogen (secondary N) is 2. The Hall–Kier alpha value is -3.40. The SMILES string of the molecule is CC(C)(C)c1ccc(/C(=C/[C@H]2CCC(=O)N2)c2ccc(CCc3ccccc3)c(=O)[nH]2)cc1. The third-order valence-corrected chi connectivity index (χ3v) is 6.27. The molecular weight excluding hydrogens is 408 g/mol. The summed E-state index contributed by atoms with van der Waals surface area (Å²) in [6.07, 6.45) is 4.89.